The number of pyridine rings is 1. The smallest absolute Gasteiger partial charge is 0.162 e. The van der Waals surface area contributed by atoms with E-state index in [1.54, 1.807) is 0 Å². The van der Waals surface area contributed by atoms with Crippen molar-refractivity contribution in [1.29, 1.82) is 5.26 Å². The molecule has 0 unspecified atom stereocenters. The Morgan fingerprint density at radius 3 is 2.67 bits per heavy atom. The third-order valence-corrected chi connectivity index (χ3v) is 4.09. The molecule has 0 aliphatic heterocycles. The van der Waals surface area contributed by atoms with E-state index in [4.69, 9.17) is 5.73 Å². The minimum Gasteiger partial charge on any atom is -0.382 e. The molecule has 0 aromatic carbocycles. The maximum Gasteiger partial charge on any atom is 0.162 e. The molecule has 3 rings (SSSR count). The molecule has 0 aliphatic carbocycles. The summed E-state index contributed by atoms with van der Waals surface area (Å²) in [6.45, 7) is 7.74. The molecular weight excluding hydrogens is 302 g/mol. The Balaban J connectivity index is 2.08. The van der Waals surface area contributed by atoms with Crippen LogP contribution in [-0.4, -0.2) is 19.6 Å². The molecule has 24 heavy (non-hydrogen) atoms. The van der Waals surface area contributed by atoms with Crippen molar-refractivity contribution in [3.05, 3.63) is 46.4 Å². The lowest BCUT2D eigenvalue weighted by Gasteiger charge is -2.16. The van der Waals surface area contributed by atoms with Gasteiger partial charge in [-0.05, 0) is 39.8 Å². The molecule has 3 heterocycles. The predicted molar refractivity (Wildman–Crippen MR) is 92.6 cm³/mol. The van der Waals surface area contributed by atoms with Crippen molar-refractivity contribution in [2.45, 2.75) is 33.7 Å². The zero-order valence-corrected chi connectivity index (χ0v) is 14.1. The molecule has 1 atom stereocenters. The molecule has 0 amide bonds. The van der Waals surface area contributed by atoms with Gasteiger partial charge in [0.2, 0.25) is 0 Å². The highest BCUT2D eigenvalue weighted by atomic mass is 15.3. The molecule has 0 bridgehead atoms. The number of aryl methyl sites for hydroxylation is 3. The van der Waals surface area contributed by atoms with E-state index >= 15 is 0 Å². The van der Waals surface area contributed by atoms with Crippen LogP contribution in [0.3, 0.4) is 0 Å². The van der Waals surface area contributed by atoms with Gasteiger partial charge in [-0.25, -0.2) is 4.98 Å². The van der Waals surface area contributed by atoms with E-state index in [-0.39, 0.29) is 17.4 Å². The van der Waals surface area contributed by atoms with Crippen molar-refractivity contribution in [2.24, 2.45) is 0 Å². The van der Waals surface area contributed by atoms with Gasteiger partial charge in [-0.1, -0.05) is 6.07 Å². The third kappa shape index (κ3) is 2.52. The van der Waals surface area contributed by atoms with Crippen molar-refractivity contribution in [3.8, 4) is 6.07 Å². The van der Waals surface area contributed by atoms with Gasteiger partial charge in [0.15, 0.2) is 11.5 Å². The monoisotopic (exact) mass is 321 g/mol. The Bertz CT molecular complexity index is 965. The van der Waals surface area contributed by atoms with Gasteiger partial charge >= 0.3 is 0 Å². The van der Waals surface area contributed by atoms with Gasteiger partial charge in [-0.2, -0.15) is 14.9 Å². The van der Waals surface area contributed by atoms with E-state index in [1.807, 2.05) is 45.9 Å². The van der Waals surface area contributed by atoms with Crippen molar-refractivity contribution >= 4 is 17.3 Å². The molecule has 3 N–H and O–H groups in total. The zero-order chi connectivity index (χ0) is 17.4. The number of fused-ring (bicyclic) bond motifs is 1. The van der Waals surface area contributed by atoms with Crippen LogP contribution in [0.15, 0.2) is 18.2 Å². The number of nitrogen functional groups attached to an aromatic ring is 1. The second-order valence-electron chi connectivity index (χ2n) is 5.85. The first kappa shape index (κ1) is 15.7. The largest absolute Gasteiger partial charge is 0.382 e. The van der Waals surface area contributed by atoms with Crippen molar-refractivity contribution in [3.63, 3.8) is 0 Å². The van der Waals surface area contributed by atoms with Crippen LogP contribution in [0.25, 0.3) is 5.65 Å². The first-order valence-corrected chi connectivity index (χ1v) is 7.68. The number of nitriles is 1. The van der Waals surface area contributed by atoms with Crippen molar-refractivity contribution in [1.82, 2.24) is 19.6 Å². The van der Waals surface area contributed by atoms with Crippen LogP contribution in [0, 0.1) is 32.1 Å². The summed E-state index contributed by atoms with van der Waals surface area (Å²) in [5.74, 6) is 0.729. The van der Waals surface area contributed by atoms with Crippen LogP contribution in [-0.2, 0) is 0 Å². The van der Waals surface area contributed by atoms with Crippen LogP contribution in [0.4, 0.5) is 11.6 Å². The number of nitrogens with one attached hydrogen (secondary N) is 1. The fourth-order valence-corrected chi connectivity index (χ4v) is 2.58. The van der Waals surface area contributed by atoms with E-state index < -0.39 is 0 Å². The van der Waals surface area contributed by atoms with Crippen LogP contribution < -0.4 is 11.1 Å². The summed E-state index contributed by atoms with van der Waals surface area (Å²) < 4.78 is 1.52. The summed E-state index contributed by atoms with van der Waals surface area (Å²) in [4.78, 5) is 9.08. The molecule has 3 aromatic rings. The summed E-state index contributed by atoms with van der Waals surface area (Å²) in [5, 5.41) is 17.1. The topological polar surface area (TPSA) is 105 Å². The van der Waals surface area contributed by atoms with Gasteiger partial charge in [0.05, 0.1) is 17.4 Å². The number of anilines is 2. The number of hydrogen-bond donors (Lipinski definition) is 2. The van der Waals surface area contributed by atoms with Gasteiger partial charge in [0, 0.05) is 11.3 Å². The molecule has 0 saturated heterocycles. The lowest BCUT2D eigenvalue weighted by atomic mass is 10.2. The molecule has 122 valence electrons. The summed E-state index contributed by atoms with van der Waals surface area (Å²) in [7, 11) is 0. The van der Waals surface area contributed by atoms with E-state index in [9.17, 15) is 5.26 Å². The standard InChI is InChI=1S/C17H19N7/c1-9-6-5-7-14(20-9)12(4)21-16-13(8-18)15(19)24-17(22-16)10(2)11(3)23-24/h5-7,12H,19H2,1-4H3,(H,21,22)/t12-/m0/s1. The van der Waals surface area contributed by atoms with Crippen LogP contribution >= 0.6 is 0 Å². The van der Waals surface area contributed by atoms with Gasteiger partial charge < -0.3 is 11.1 Å². The average molecular weight is 321 g/mol. The van der Waals surface area contributed by atoms with Crippen molar-refractivity contribution in [2.75, 3.05) is 11.1 Å². The quantitative estimate of drug-likeness (QED) is 0.768. The minimum absolute atomic E-state index is 0.115. The van der Waals surface area contributed by atoms with Gasteiger partial charge in [-0.15, -0.1) is 0 Å². The zero-order valence-electron chi connectivity index (χ0n) is 14.1. The lowest BCUT2D eigenvalue weighted by Crippen LogP contribution is -2.14. The average Bonchev–Trinajstić information content (AvgIpc) is 2.84. The Morgan fingerprint density at radius 1 is 1.25 bits per heavy atom. The molecule has 0 spiro atoms. The van der Waals surface area contributed by atoms with E-state index in [1.165, 1.54) is 4.52 Å². The molecule has 7 nitrogen and oxygen atoms in total. The molecular formula is C17H19N7. The van der Waals surface area contributed by atoms with E-state index in [0.29, 0.717) is 11.5 Å². The Kier molecular flexibility index (Phi) is 3.81. The lowest BCUT2D eigenvalue weighted by molar-refractivity contribution is 0.821. The molecule has 7 heteroatoms. The molecule has 0 radical (unpaired) electrons. The first-order valence-electron chi connectivity index (χ1n) is 7.68. The summed E-state index contributed by atoms with van der Waals surface area (Å²) >= 11 is 0. The fourth-order valence-electron chi connectivity index (χ4n) is 2.58. The second kappa shape index (κ2) is 5.81. The summed E-state index contributed by atoms with van der Waals surface area (Å²) in [6, 6.07) is 7.84. The highest BCUT2D eigenvalue weighted by Crippen LogP contribution is 2.26. The molecule has 0 saturated carbocycles. The van der Waals surface area contributed by atoms with Gasteiger partial charge in [-0.3, -0.25) is 4.98 Å². The van der Waals surface area contributed by atoms with Gasteiger partial charge in [0.25, 0.3) is 0 Å². The van der Waals surface area contributed by atoms with Crippen molar-refractivity contribution < 1.29 is 0 Å². The minimum atomic E-state index is -0.115. The molecule has 3 aromatic heterocycles. The van der Waals surface area contributed by atoms with E-state index in [2.05, 4.69) is 26.5 Å². The first-order chi connectivity index (χ1) is 11.4. The van der Waals surface area contributed by atoms with E-state index in [0.717, 1.165) is 22.6 Å². The van der Waals surface area contributed by atoms with Gasteiger partial charge in [0.1, 0.15) is 17.5 Å². The Labute approximate surface area is 140 Å². The van der Waals surface area contributed by atoms with Crippen LogP contribution in [0.2, 0.25) is 0 Å². The normalized spacial score (nSPS) is 12.1. The third-order valence-electron chi connectivity index (χ3n) is 4.09. The number of nitrogens with zero attached hydrogens (tertiary/aromatic N) is 5. The maximum absolute atomic E-state index is 9.50. The number of rotatable bonds is 3. The second-order valence-corrected chi connectivity index (χ2v) is 5.85. The molecule has 0 aliphatic rings. The summed E-state index contributed by atoms with van der Waals surface area (Å²) in [5.41, 5.74) is 10.7. The maximum atomic E-state index is 9.50. The fraction of sp³-hybridized carbons (Fsp3) is 0.294. The predicted octanol–water partition coefficient (Wildman–Crippen LogP) is 2.68. The number of nitrogens with two attached hydrogens (primary N) is 1. The highest BCUT2D eigenvalue weighted by molar-refractivity contribution is 5.69. The number of aromatic nitrogens is 4. The Hall–Kier alpha value is -3.14. The Morgan fingerprint density at radius 2 is 2.00 bits per heavy atom. The van der Waals surface area contributed by atoms with Crippen LogP contribution in [0.5, 0.6) is 0 Å². The SMILES string of the molecule is Cc1cccc([C@H](C)Nc2nc3c(C)c(C)nn3c(N)c2C#N)n1. The molecule has 0 fully saturated rings. The number of hydrogen-bond acceptors (Lipinski definition) is 6. The highest BCUT2D eigenvalue weighted by Gasteiger charge is 2.19. The van der Waals surface area contributed by atoms with Crippen LogP contribution in [0.1, 0.15) is 41.2 Å². The summed E-state index contributed by atoms with van der Waals surface area (Å²) in [6.07, 6.45) is 0.